The number of hydrogen-bond donors (Lipinski definition) is 2. The Morgan fingerprint density at radius 3 is 2.93 bits per heavy atom. The summed E-state index contributed by atoms with van der Waals surface area (Å²) in [5, 5.41) is 6.24. The average molecular weight is 195 g/mol. The average Bonchev–Trinajstić information content (AvgIpc) is 2.41. The van der Waals surface area contributed by atoms with Gasteiger partial charge in [0.1, 0.15) is 5.82 Å². The van der Waals surface area contributed by atoms with Crippen LogP contribution >= 0.6 is 0 Å². The Morgan fingerprint density at radius 2 is 2.14 bits per heavy atom. The van der Waals surface area contributed by atoms with Crippen molar-refractivity contribution in [3.8, 4) is 0 Å². The molecule has 0 spiro atoms. The summed E-state index contributed by atoms with van der Waals surface area (Å²) in [5.74, 6) is 1.18. The Labute approximate surface area is 84.3 Å². The molecule has 78 valence electrons. The number of carbonyl (C=O) groups excluding carboxylic acids is 1. The van der Waals surface area contributed by atoms with Crippen LogP contribution in [0.5, 0.6) is 0 Å². The van der Waals surface area contributed by atoms with Gasteiger partial charge in [0, 0.05) is 26.2 Å². The Balaban J connectivity index is 2.29. The van der Waals surface area contributed by atoms with Crippen LogP contribution in [-0.4, -0.2) is 37.0 Å². The second-order valence-electron chi connectivity index (χ2n) is 3.69. The van der Waals surface area contributed by atoms with Gasteiger partial charge >= 0.3 is 0 Å². The zero-order valence-electron chi connectivity index (χ0n) is 8.60. The molecule has 0 fully saturated rings. The van der Waals surface area contributed by atoms with E-state index in [1.807, 2.05) is 0 Å². The normalized spacial score (nSPS) is 22.4. The molecule has 0 aromatic rings. The van der Waals surface area contributed by atoms with Crippen molar-refractivity contribution < 1.29 is 4.79 Å². The smallest absolute Gasteiger partial charge is 0.250 e. The van der Waals surface area contributed by atoms with Crippen LogP contribution in [0.1, 0.15) is 19.8 Å². The Morgan fingerprint density at radius 1 is 1.36 bits per heavy atom. The summed E-state index contributed by atoms with van der Waals surface area (Å²) in [5.41, 5.74) is 0.940. The fourth-order valence-electron chi connectivity index (χ4n) is 2.09. The number of nitrogens with zero attached hydrogens (tertiary/aromatic N) is 1. The molecule has 0 aromatic carbocycles. The Bertz CT molecular complexity index is 273. The third kappa shape index (κ3) is 1.56. The van der Waals surface area contributed by atoms with Crippen LogP contribution in [0.25, 0.3) is 0 Å². The highest BCUT2D eigenvalue weighted by atomic mass is 16.1. The molecule has 0 saturated carbocycles. The molecule has 0 saturated heterocycles. The summed E-state index contributed by atoms with van der Waals surface area (Å²) < 4.78 is 0. The van der Waals surface area contributed by atoms with Crippen molar-refractivity contribution in [2.24, 2.45) is 0 Å². The van der Waals surface area contributed by atoms with Crippen LogP contribution in [0, 0.1) is 0 Å². The molecule has 4 heteroatoms. The molecule has 2 aliphatic heterocycles. The molecule has 2 N–H and O–H groups in total. The quantitative estimate of drug-likeness (QED) is 0.620. The summed E-state index contributed by atoms with van der Waals surface area (Å²) in [6, 6.07) is 0. The van der Waals surface area contributed by atoms with Gasteiger partial charge < -0.3 is 15.5 Å². The fourth-order valence-corrected chi connectivity index (χ4v) is 2.09. The van der Waals surface area contributed by atoms with Crippen molar-refractivity contribution in [3.63, 3.8) is 0 Å². The van der Waals surface area contributed by atoms with E-state index in [2.05, 4.69) is 22.5 Å². The monoisotopic (exact) mass is 195 g/mol. The predicted molar refractivity (Wildman–Crippen MR) is 54.5 cm³/mol. The molecular formula is C10H17N3O. The van der Waals surface area contributed by atoms with Crippen LogP contribution in [0.2, 0.25) is 0 Å². The minimum absolute atomic E-state index is 0.114. The highest BCUT2D eigenvalue weighted by Crippen LogP contribution is 2.21. The SMILES string of the molecule is CCN1CCCC2=C1NCCNC2=O. The van der Waals surface area contributed by atoms with Crippen LogP contribution in [0.3, 0.4) is 0 Å². The first-order chi connectivity index (χ1) is 6.83. The van der Waals surface area contributed by atoms with Crippen molar-refractivity contribution in [2.45, 2.75) is 19.8 Å². The number of nitrogens with one attached hydrogen (secondary N) is 2. The molecular weight excluding hydrogens is 178 g/mol. The van der Waals surface area contributed by atoms with Crippen molar-refractivity contribution in [2.75, 3.05) is 26.2 Å². The number of hydrogen-bond acceptors (Lipinski definition) is 3. The zero-order valence-corrected chi connectivity index (χ0v) is 8.60. The van der Waals surface area contributed by atoms with Gasteiger partial charge in [0.2, 0.25) is 0 Å². The van der Waals surface area contributed by atoms with E-state index in [0.717, 1.165) is 50.4 Å². The first-order valence-corrected chi connectivity index (χ1v) is 5.33. The maximum absolute atomic E-state index is 11.7. The van der Waals surface area contributed by atoms with Crippen LogP contribution in [0.15, 0.2) is 11.4 Å². The first kappa shape index (κ1) is 9.37. The van der Waals surface area contributed by atoms with Gasteiger partial charge in [-0.05, 0) is 19.8 Å². The lowest BCUT2D eigenvalue weighted by Crippen LogP contribution is -2.37. The van der Waals surface area contributed by atoms with Crippen molar-refractivity contribution in [1.82, 2.24) is 15.5 Å². The fraction of sp³-hybridized carbons (Fsp3) is 0.700. The van der Waals surface area contributed by atoms with Crippen molar-refractivity contribution in [1.29, 1.82) is 0 Å². The molecule has 2 heterocycles. The summed E-state index contributed by atoms with van der Waals surface area (Å²) in [6.45, 7) is 5.72. The molecule has 2 aliphatic rings. The van der Waals surface area contributed by atoms with Gasteiger partial charge in [-0.2, -0.15) is 0 Å². The van der Waals surface area contributed by atoms with E-state index < -0.39 is 0 Å². The minimum Gasteiger partial charge on any atom is -0.370 e. The first-order valence-electron chi connectivity index (χ1n) is 5.33. The van der Waals surface area contributed by atoms with Gasteiger partial charge in [-0.25, -0.2) is 0 Å². The number of carbonyl (C=O) groups is 1. The van der Waals surface area contributed by atoms with Gasteiger partial charge in [-0.1, -0.05) is 0 Å². The van der Waals surface area contributed by atoms with Gasteiger partial charge in [-0.3, -0.25) is 4.79 Å². The molecule has 4 nitrogen and oxygen atoms in total. The summed E-state index contributed by atoms with van der Waals surface area (Å²) in [4.78, 5) is 13.9. The lowest BCUT2D eigenvalue weighted by atomic mass is 10.1. The zero-order chi connectivity index (χ0) is 9.97. The molecule has 14 heavy (non-hydrogen) atoms. The summed E-state index contributed by atoms with van der Waals surface area (Å²) in [7, 11) is 0. The lowest BCUT2D eigenvalue weighted by molar-refractivity contribution is -0.117. The Hall–Kier alpha value is -1.19. The summed E-state index contributed by atoms with van der Waals surface area (Å²) >= 11 is 0. The van der Waals surface area contributed by atoms with E-state index in [-0.39, 0.29) is 5.91 Å². The van der Waals surface area contributed by atoms with Gasteiger partial charge in [0.25, 0.3) is 5.91 Å². The van der Waals surface area contributed by atoms with Crippen molar-refractivity contribution in [3.05, 3.63) is 11.4 Å². The lowest BCUT2D eigenvalue weighted by Gasteiger charge is -2.31. The van der Waals surface area contributed by atoms with E-state index in [1.54, 1.807) is 0 Å². The maximum Gasteiger partial charge on any atom is 0.250 e. The maximum atomic E-state index is 11.7. The molecule has 0 atom stereocenters. The minimum atomic E-state index is 0.114. The van der Waals surface area contributed by atoms with E-state index in [4.69, 9.17) is 0 Å². The van der Waals surface area contributed by atoms with E-state index in [1.165, 1.54) is 0 Å². The topological polar surface area (TPSA) is 44.4 Å². The molecule has 1 amide bonds. The van der Waals surface area contributed by atoms with Crippen molar-refractivity contribution >= 4 is 5.91 Å². The van der Waals surface area contributed by atoms with Crippen LogP contribution in [0.4, 0.5) is 0 Å². The van der Waals surface area contributed by atoms with Crippen LogP contribution in [-0.2, 0) is 4.79 Å². The number of amides is 1. The van der Waals surface area contributed by atoms with Gasteiger partial charge in [0.15, 0.2) is 0 Å². The molecule has 0 aliphatic carbocycles. The predicted octanol–water partition coefficient (Wildman–Crippen LogP) is 0.0331. The van der Waals surface area contributed by atoms with Gasteiger partial charge in [-0.15, -0.1) is 0 Å². The molecule has 0 radical (unpaired) electrons. The standard InChI is InChI=1S/C10H17N3O/c1-2-13-7-3-4-8-9(13)11-5-6-12-10(8)14/h11H,2-7H2,1H3,(H,12,14). The third-order valence-corrected chi connectivity index (χ3v) is 2.82. The van der Waals surface area contributed by atoms with E-state index >= 15 is 0 Å². The van der Waals surface area contributed by atoms with Crippen LogP contribution < -0.4 is 10.6 Å². The van der Waals surface area contributed by atoms with Gasteiger partial charge in [0.05, 0.1) is 5.57 Å². The third-order valence-electron chi connectivity index (χ3n) is 2.82. The number of rotatable bonds is 1. The van der Waals surface area contributed by atoms with E-state index in [0.29, 0.717) is 0 Å². The molecule has 0 bridgehead atoms. The van der Waals surface area contributed by atoms with E-state index in [9.17, 15) is 4.79 Å². The summed E-state index contributed by atoms with van der Waals surface area (Å²) in [6.07, 6.45) is 1.99. The molecule has 2 rings (SSSR count). The highest BCUT2D eigenvalue weighted by Gasteiger charge is 2.25. The second-order valence-corrected chi connectivity index (χ2v) is 3.69. The second kappa shape index (κ2) is 3.90. The highest BCUT2D eigenvalue weighted by molar-refractivity contribution is 5.94. The molecule has 0 aromatic heterocycles. The Kier molecular flexibility index (Phi) is 2.61. The molecule has 0 unspecified atom stereocenters. The largest absolute Gasteiger partial charge is 0.370 e.